The fraction of sp³-hybridized carbons (Fsp3) is 0.769. The van der Waals surface area contributed by atoms with Crippen molar-refractivity contribution in [1.29, 1.82) is 0 Å². The van der Waals surface area contributed by atoms with Crippen molar-refractivity contribution in [3.05, 3.63) is 0 Å². The van der Waals surface area contributed by atoms with Crippen LogP contribution < -0.4 is 19.8 Å². The summed E-state index contributed by atoms with van der Waals surface area (Å²) in [5.41, 5.74) is 0.771. The summed E-state index contributed by atoms with van der Waals surface area (Å²) in [6.45, 7) is 10.2. The molecule has 5 heteroatoms. The summed E-state index contributed by atoms with van der Waals surface area (Å²) >= 11 is 0. The first-order valence-electron chi connectivity index (χ1n) is 6.73. The molecule has 0 saturated heterocycles. The van der Waals surface area contributed by atoms with Crippen LogP contribution in [0.5, 0.6) is 11.8 Å². The van der Waals surface area contributed by atoms with Crippen molar-refractivity contribution in [3.63, 3.8) is 0 Å². The number of fused-ring (bicyclic) bond motifs is 3. The van der Waals surface area contributed by atoms with Gasteiger partial charge in [0.25, 0.3) is 0 Å². The molecule has 1 aromatic rings. The average Bonchev–Trinajstić information content (AvgIpc) is 2.94. The van der Waals surface area contributed by atoms with Crippen molar-refractivity contribution in [2.45, 2.75) is 39.8 Å². The highest BCUT2D eigenvalue weighted by molar-refractivity contribution is 6.28. The third-order valence-corrected chi connectivity index (χ3v) is 4.10. The number of imidazole rings is 1. The van der Waals surface area contributed by atoms with Gasteiger partial charge in [-0.15, -0.1) is 0 Å². The van der Waals surface area contributed by atoms with E-state index in [4.69, 9.17) is 17.3 Å². The van der Waals surface area contributed by atoms with E-state index in [1.165, 1.54) is 0 Å². The number of hydrogen-bond acceptors (Lipinski definition) is 2. The Balaban J connectivity index is 2.10. The summed E-state index contributed by atoms with van der Waals surface area (Å²) in [6, 6.07) is 0.629. The summed E-state index contributed by atoms with van der Waals surface area (Å²) in [4.78, 5) is 0. The fourth-order valence-corrected chi connectivity index (χ4v) is 2.89. The molecule has 0 spiro atoms. The van der Waals surface area contributed by atoms with Crippen molar-refractivity contribution in [2.24, 2.45) is 11.8 Å². The summed E-state index contributed by atoms with van der Waals surface area (Å²) in [5.74, 6) is 2.63. The third kappa shape index (κ3) is 1.42. The zero-order valence-electron chi connectivity index (χ0n) is 11.5. The first-order valence-corrected chi connectivity index (χ1v) is 6.73. The van der Waals surface area contributed by atoms with E-state index in [0.717, 1.165) is 17.5 Å². The zero-order valence-corrected chi connectivity index (χ0v) is 11.5. The maximum Gasteiger partial charge on any atom is 0.369 e. The molecule has 3 radical (unpaired) electrons. The van der Waals surface area contributed by atoms with Crippen LogP contribution in [-0.2, 0) is 0 Å². The van der Waals surface area contributed by atoms with Crippen molar-refractivity contribution in [3.8, 4) is 11.8 Å². The molecule has 2 aliphatic rings. The van der Waals surface area contributed by atoms with E-state index in [-0.39, 0.29) is 0 Å². The van der Waals surface area contributed by atoms with Gasteiger partial charge in [-0.1, -0.05) is 27.7 Å². The van der Waals surface area contributed by atoms with Gasteiger partial charge in [0.1, 0.15) is 25.3 Å². The second-order valence-corrected chi connectivity index (χ2v) is 5.95. The summed E-state index contributed by atoms with van der Waals surface area (Å²) < 4.78 is 15.8. The van der Waals surface area contributed by atoms with Crippen molar-refractivity contribution in [1.82, 2.24) is 4.57 Å². The second kappa shape index (κ2) is 3.94. The number of ether oxygens (including phenoxy) is 2. The van der Waals surface area contributed by atoms with E-state index >= 15 is 0 Å². The standard InChI is InChI=1S/C13H20BN2O2/c1-7(2)9-5-17-11-12-16(13(14)15(9)11)10(6-18-12)8(3)4/h7-10H,5-6H2,1-4H3/t9-,10-/m0/s1. The smallest absolute Gasteiger partial charge is 0.369 e. The van der Waals surface area contributed by atoms with Gasteiger partial charge in [0.2, 0.25) is 0 Å². The van der Waals surface area contributed by atoms with Crippen LogP contribution in [-0.4, -0.2) is 25.6 Å². The Labute approximate surface area is 109 Å². The molecule has 2 aliphatic heterocycles. The topological polar surface area (TPSA) is 27.3 Å². The molecule has 0 N–H and O–H groups in total. The second-order valence-electron chi connectivity index (χ2n) is 5.95. The summed E-state index contributed by atoms with van der Waals surface area (Å²) in [5, 5.41) is 0. The molecule has 0 bridgehead atoms. The van der Waals surface area contributed by atoms with E-state index in [9.17, 15) is 0 Å². The monoisotopic (exact) mass is 247 g/mol. The molecule has 0 aliphatic carbocycles. The van der Waals surface area contributed by atoms with Crippen LogP contribution in [0.25, 0.3) is 0 Å². The third-order valence-electron chi connectivity index (χ3n) is 4.10. The molecule has 0 unspecified atom stereocenters. The largest absolute Gasteiger partial charge is 0.458 e. The van der Waals surface area contributed by atoms with Crippen LogP contribution in [0.15, 0.2) is 0 Å². The predicted octanol–water partition coefficient (Wildman–Crippen LogP) is 0.748. The maximum atomic E-state index is 6.33. The lowest BCUT2D eigenvalue weighted by Crippen LogP contribution is -2.54. The molecule has 2 atom stereocenters. The Hall–Kier alpha value is -1.13. The van der Waals surface area contributed by atoms with Gasteiger partial charge in [-0.2, -0.15) is 0 Å². The minimum Gasteiger partial charge on any atom is -0.458 e. The Morgan fingerprint density at radius 2 is 1.89 bits per heavy atom. The normalized spacial score (nSPS) is 25.3. The van der Waals surface area contributed by atoms with Gasteiger partial charge < -0.3 is 17.3 Å². The lowest BCUT2D eigenvalue weighted by molar-refractivity contribution is -0.694. The van der Waals surface area contributed by atoms with Gasteiger partial charge in [-0.3, -0.25) is 0 Å². The molecule has 3 heterocycles. The minimum atomic E-state index is 0.314. The Morgan fingerprint density at radius 3 is 2.50 bits per heavy atom. The SMILES string of the molecule is [B-]c1n2c(c3[n+]1[C@H](C(C)C)CO3)OC[C@H]2C(C)C. The molecular weight excluding hydrogens is 227 g/mol. The van der Waals surface area contributed by atoms with E-state index in [1.54, 1.807) is 0 Å². The van der Waals surface area contributed by atoms with Crippen LogP contribution in [0, 0.1) is 11.8 Å². The molecule has 0 amide bonds. The highest BCUT2D eigenvalue weighted by atomic mass is 16.5. The molecule has 0 aromatic carbocycles. The summed E-state index contributed by atoms with van der Waals surface area (Å²) in [7, 11) is 6.33. The van der Waals surface area contributed by atoms with Gasteiger partial charge in [0.15, 0.2) is 0 Å². The Morgan fingerprint density at radius 1 is 1.17 bits per heavy atom. The first-order chi connectivity index (χ1) is 8.52. The fourth-order valence-electron chi connectivity index (χ4n) is 2.89. The highest BCUT2D eigenvalue weighted by Crippen LogP contribution is 2.39. The maximum absolute atomic E-state index is 6.33. The minimum absolute atomic E-state index is 0.314. The molecule has 18 heavy (non-hydrogen) atoms. The molecule has 4 nitrogen and oxygen atoms in total. The molecule has 97 valence electrons. The van der Waals surface area contributed by atoms with Crippen LogP contribution in [0.3, 0.4) is 0 Å². The molecule has 3 rings (SSSR count). The Bertz CT molecular complexity index is 440. The van der Waals surface area contributed by atoms with Crippen LogP contribution >= 0.6 is 0 Å². The van der Waals surface area contributed by atoms with E-state index < -0.39 is 0 Å². The van der Waals surface area contributed by atoms with Gasteiger partial charge >= 0.3 is 11.8 Å². The lowest BCUT2D eigenvalue weighted by Gasteiger charge is -2.19. The molecule has 0 fully saturated rings. The van der Waals surface area contributed by atoms with E-state index in [2.05, 4.69) is 36.8 Å². The van der Waals surface area contributed by atoms with Crippen molar-refractivity contribution in [2.75, 3.05) is 13.2 Å². The van der Waals surface area contributed by atoms with Crippen molar-refractivity contribution >= 4 is 13.6 Å². The lowest BCUT2D eigenvalue weighted by atomic mass is 10.0. The number of rotatable bonds is 2. The van der Waals surface area contributed by atoms with Gasteiger partial charge in [-0.05, 0) is 17.6 Å². The highest BCUT2D eigenvalue weighted by Gasteiger charge is 2.44. The number of nitrogens with zero attached hydrogens (tertiary/aromatic N) is 2. The number of hydrogen-bond donors (Lipinski definition) is 0. The van der Waals surface area contributed by atoms with Crippen LogP contribution in [0.4, 0.5) is 0 Å². The molecular formula is C13H20BN2O2. The van der Waals surface area contributed by atoms with E-state index in [1.807, 2.05) is 0 Å². The molecule has 1 aromatic heterocycles. The van der Waals surface area contributed by atoms with Crippen molar-refractivity contribution < 1.29 is 14.0 Å². The number of aromatic nitrogens is 2. The Kier molecular flexibility index (Phi) is 2.61. The van der Waals surface area contributed by atoms with Gasteiger partial charge in [-0.25, -0.2) is 9.13 Å². The summed E-state index contributed by atoms with van der Waals surface area (Å²) in [6.07, 6.45) is 0. The van der Waals surface area contributed by atoms with Crippen LogP contribution in [0.1, 0.15) is 39.8 Å². The first kappa shape index (κ1) is 11.9. The zero-order chi connectivity index (χ0) is 13.0. The average molecular weight is 247 g/mol. The quantitative estimate of drug-likeness (QED) is 0.569. The van der Waals surface area contributed by atoms with Gasteiger partial charge in [0, 0.05) is 0 Å². The van der Waals surface area contributed by atoms with Crippen LogP contribution in [0.2, 0.25) is 0 Å². The molecule has 0 saturated carbocycles. The van der Waals surface area contributed by atoms with E-state index in [0.29, 0.717) is 37.1 Å². The predicted molar refractivity (Wildman–Crippen MR) is 68.8 cm³/mol. The van der Waals surface area contributed by atoms with Gasteiger partial charge in [0.05, 0.1) is 0 Å².